The third-order valence-corrected chi connectivity index (χ3v) is 3.38. The van der Waals surface area contributed by atoms with Crippen LogP contribution in [0, 0.1) is 0 Å². The highest BCUT2D eigenvalue weighted by atomic mass is 16.5. The van der Waals surface area contributed by atoms with E-state index in [0.29, 0.717) is 13.2 Å². The average Bonchev–Trinajstić information content (AvgIpc) is 2.46. The van der Waals surface area contributed by atoms with Gasteiger partial charge in [0, 0.05) is 51.7 Å². The Hall–Kier alpha value is -1.01. The molecule has 0 amide bonds. The first-order chi connectivity index (χ1) is 9.38. The number of piperazine rings is 1. The Kier molecular flexibility index (Phi) is 6.23. The molecule has 1 fully saturated rings. The number of aromatic nitrogens is 1. The molecule has 1 aromatic rings. The van der Waals surface area contributed by atoms with Crippen LogP contribution in [0.4, 0.5) is 0 Å². The summed E-state index contributed by atoms with van der Waals surface area (Å²) in [5, 5.41) is 8.63. The number of hydrogen-bond acceptors (Lipinski definition) is 5. The van der Waals surface area contributed by atoms with Crippen LogP contribution in [0.3, 0.4) is 0 Å². The molecule has 0 bridgehead atoms. The molecule has 0 radical (unpaired) electrons. The van der Waals surface area contributed by atoms with Gasteiger partial charge in [0.25, 0.3) is 0 Å². The van der Waals surface area contributed by atoms with Crippen molar-refractivity contribution in [2.24, 2.45) is 0 Å². The van der Waals surface area contributed by atoms with E-state index in [1.165, 1.54) is 5.56 Å². The van der Waals surface area contributed by atoms with Gasteiger partial charge in [-0.2, -0.15) is 0 Å². The summed E-state index contributed by atoms with van der Waals surface area (Å²) in [6, 6.07) is 4.12. The Morgan fingerprint density at radius 3 is 2.63 bits per heavy atom. The van der Waals surface area contributed by atoms with Crippen molar-refractivity contribution >= 4 is 0 Å². The number of rotatable bonds is 7. The van der Waals surface area contributed by atoms with Gasteiger partial charge in [-0.05, 0) is 11.6 Å². The lowest BCUT2D eigenvalue weighted by Crippen LogP contribution is -2.46. The molecule has 0 aliphatic carbocycles. The predicted octanol–water partition coefficient (Wildman–Crippen LogP) is 0.208. The summed E-state index contributed by atoms with van der Waals surface area (Å²) >= 11 is 0. The van der Waals surface area contributed by atoms with Crippen LogP contribution in [0.2, 0.25) is 0 Å². The second-order valence-corrected chi connectivity index (χ2v) is 4.82. The van der Waals surface area contributed by atoms with Crippen LogP contribution >= 0.6 is 0 Å². The van der Waals surface area contributed by atoms with Crippen molar-refractivity contribution in [3.05, 3.63) is 30.1 Å². The minimum Gasteiger partial charge on any atom is -0.394 e. The van der Waals surface area contributed by atoms with Crippen LogP contribution in [0.15, 0.2) is 24.5 Å². The van der Waals surface area contributed by atoms with E-state index in [1.54, 1.807) is 0 Å². The maximum absolute atomic E-state index is 8.63. The van der Waals surface area contributed by atoms with Gasteiger partial charge in [-0.1, -0.05) is 6.07 Å². The van der Waals surface area contributed by atoms with Gasteiger partial charge in [0.1, 0.15) is 0 Å². The minimum absolute atomic E-state index is 0.110. The van der Waals surface area contributed by atoms with Gasteiger partial charge in [0.15, 0.2) is 0 Å². The number of nitrogens with zero attached hydrogens (tertiary/aromatic N) is 3. The van der Waals surface area contributed by atoms with Crippen molar-refractivity contribution in [2.45, 2.75) is 6.54 Å². The zero-order chi connectivity index (χ0) is 13.3. The molecule has 106 valence electrons. The maximum atomic E-state index is 8.63. The molecule has 0 spiro atoms. The normalized spacial score (nSPS) is 17.7. The maximum Gasteiger partial charge on any atom is 0.0698 e. The molecule has 0 unspecified atom stereocenters. The lowest BCUT2D eigenvalue weighted by molar-refractivity contribution is 0.0563. The van der Waals surface area contributed by atoms with Crippen molar-refractivity contribution in [1.82, 2.24) is 14.8 Å². The van der Waals surface area contributed by atoms with Gasteiger partial charge >= 0.3 is 0 Å². The third-order valence-electron chi connectivity index (χ3n) is 3.38. The lowest BCUT2D eigenvalue weighted by atomic mass is 10.2. The molecule has 0 atom stereocenters. The quantitative estimate of drug-likeness (QED) is 0.714. The lowest BCUT2D eigenvalue weighted by Gasteiger charge is -2.34. The smallest absolute Gasteiger partial charge is 0.0698 e. The van der Waals surface area contributed by atoms with Crippen LogP contribution in [-0.2, 0) is 11.3 Å². The molecule has 1 saturated heterocycles. The highest BCUT2D eigenvalue weighted by molar-refractivity contribution is 5.08. The van der Waals surface area contributed by atoms with Crippen molar-refractivity contribution in [3.8, 4) is 0 Å². The number of ether oxygens (including phenoxy) is 1. The van der Waals surface area contributed by atoms with Gasteiger partial charge in [0.2, 0.25) is 0 Å². The molecule has 1 aliphatic rings. The molecule has 0 aromatic carbocycles. The van der Waals surface area contributed by atoms with E-state index in [4.69, 9.17) is 9.84 Å². The Bertz CT molecular complexity index is 340. The van der Waals surface area contributed by atoms with Gasteiger partial charge < -0.3 is 9.84 Å². The standard InChI is InChI=1S/C14H23N3O2/c18-9-11-19-10-8-16-4-6-17(7-5-16)13-14-2-1-3-15-12-14/h1-3,12,18H,4-11,13H2. The zero-order valence-electron chi connectivity index (χ0n) is 11.4. The predicted molar refractivity (Wildman–Crippen MR) is 73.9 cm³/mol. The Morgan fingerprint density at radius 2 is 1.95 bits per heavy atom. The summed E-state index contributed by atoms with van der Waals surface area (Å²) in [6.45, 7) is 7.57. The molecule has 2 heterocycles. The first kappa shape index (κ1) is 14.4. The Labute approximate surface area is 114 Å². The summed E-state index contributed by atoms with van der Waals surface area (Å²) in [5.41, 5.74) is 1.28. The summed E-state index contributed by atoms with van der Waals surface area (Å²) in [4.78, 5) is 9.02. The van der Waals surface area contributed by atoms with Gasteiger partial charge in [-0.25, -0.2) is 0 Å². The molecule has 19 heavy (non-hydrogen) atoms. The highest BCUT2D eigenvalue weighted by Crippen LogP contribution is 2.07. The molecule has 1 aromatic heterocycles. The fourth-order valence-corrected chi connectivity index (χ4v) is 2.28. The van der Waals surface area contributed by atoms with Crippen LogP contribution in [0.25, 0.3) is 0 Å². The Morgan fingerprint density at radius 1 is 1.16 bits per heavy atom. The van der Waals surface area contributed by atoms with E-state index in [9.17, 15) is 0 Å². The molecule has 2 rings (SSSR count). The highest BCUT2D eigenvalue weighted by Gasteiger charge is 2.16. The third kappa shape index (κ3) is 5.24. The molecular weight excluding hydrogens is 242 g/mol. The number of aliphatic hydroxyl groups excluding tert-OH is 1. The fraction of sp³-hybridized carbons (Fsp3) is 0.643. The van der Waals surface area contributed by atoms with Crippen molar-refractivity contribution in [3.63, 3.8) is 0 Å². The molecule has 0 saturated carbocycles. The molecular formula is C14H23N3O2. The monoisotopic (exact) mass is 265 g/mol. The van der Waals surface area contributed by atoms with Crippen LogP contribution < -0.4 is 0 Å². The van der Waals surface area contributed by atoms with Crippen molar-refractivity contribution in [1.29, 1.82) is 0 Å². The average molecular weight is 265 g/mol. The summed E-state index contributed by atoms with van der Waals surface area (Å²) in [6.07, 6.45) is 3.75. The Balaban J connectivity index is 1.62. The van der Waals surface area contributed by atoms with E-state index in [-0.39, 0.29) is 6.61 Å². The summed E-state index contributed by atoms with van der Waals surface area (Å²) in [7, 11) is 0. The molecule has 5 nitrogen and oxygen atoms in total. The fourth-order valence-electron chi connectivity index (χ4n) is 2.28. The van der Waals surface area contributed by atoms with E-state index in [1.807, 2.05) is 18.5 Å². The van der Waals surface area contributed by atoms with Gasteiger partial charge in [-0.15, -0.1) is 0 Å². The molecule has 1 aliphatic heterocycles. The second kappa shape index (κ2) is 8.22. The van der Waals surface area contributed by atoms with Crippen molar-refractivity contribution < 1.29 is 9.84 Å². The van der Waals surface area contributed by atoms with Crippen LogP contribution in [-0.4, -0.2) is 72.4 Å². The first-order valence-electron chi connectivity index (χ1n) is 6.90. The number of aliphatic hydroxyl groups is 1. The number of hydrogen-bond donors (Lipinski definition) is 1. The van der Waals surface area contributed by atoms with Crippen LogP contribution in [0.5, 0.6) is 0 Å². The molecule has 1 N–H and O–H groups in total. The van der Waals surface area contributed by atoms with Gasteiger partial charge in [-0.3, -0.25) is 14.8 Å². The SMILES string of the molecule is OCCOCCN1CCN(Cc2cccnc2)CC1. The number of pyridine rings is 1. The summed E-state index contributed by atoms with van der Waals surface area (Å²) in [5.74, 6) is 0. The van der Waals surface area contributed by atoms with E-state index < -0.39 is 0 Å². The van der Waals surface area contributed by atoms with Gasteiger partial charge in [0.05, 0.1) is 19.8 Å². The molecule has 5 heteroatoms. The van der Waals surface area contributed by atoms with Crippen LogP contribution in [0.1, 0.15) is 5.56 Å². The zero-order valence-corrected chi connectivity index (χ0v) is 11.4. The van der Waals surface area contributed by atoms with E-state index in [2.05, 4.69) is 20.9 Å². The van der Waals surface area contributed by atoms with Crippen molar-refractivity contribution in [2.75, 3.05) is 52.5 Å². The minimum atomic E-state index is 0.110. The summed E-state index contributed by atoms with van der Waals surface area (Å²) < 4.78 is 5.29. The van der Waals surface area contributed by atoms with E-state index >= 15 is 0 Å². The van der Waals surface area contributed by atoms with E-state index in [0.717, 1.165) is 39.3 Å². The first-order valence-corrected chi connectivity index (χ1v) is 6.90. The topological polar surface area (TPSA) is 48.8 Å². The second-order valence-electron chi connectivity index (χ2n) is 4.82. The largest absolute Gasteiger partial charge is 0.394 e.